The average Bonchev–Trinajstić information content (AvgIpc) is 2.70. The molecule has 2 aromatic carbocycles. The molecule has 0 spiro atoms. The van der Waals surface area contributed by atoms with Crippen LogP contribution in [0.15, 0.2) is 42.5 Å². The number of para-hydroxylation sites is 2. The van der Waals surface area contributed by atoms with Gasteiger partial charge in [0.25, 0.3) is 0 Å². The van der Waals surface area contributed by atoms with Crippen molar-refractivity contribution >= 4 is 21.6 Å². The quantitative estimate of drug-likeness (QED) is 0.581. The number of amides is 1. The zero-order chi connectivity index (χ0) is 22.3. The maximum atomic E-state index is 12.8. The molecule has 1 amide bonds. The van der Waals surface area contributed by atoms with Crippen molar-refractivity contribution in [3.05, 3.63) is 53.6 Å². The summed E-state index contributed by atoms with van der Waals surface area (Å²) in [6, 6.07) is 11.8. The Kier molecular flexibility index (Phi) is 8.11. The number of anilines is 1. The third-order valence-electron chi connectivity index (χ3n) is 4.80. The summed E-state index contributed by atoms with van der Waals surface area (Å²) in [4.78, 5) is 12.8. The number of hydrogen-bond donors (Lipinski definition) is 1. The van der Waals surface area contributed by atoms with Gasteiger partial charge in [0.2, 0.25) is 15.9 Å². The highest BCUT2D eigenvalue weighted by atomic mass is 32.2. The number of aryl methyl sites for hydroxylation is 2. The summed E-state index contributed by atoms with van der Waals surface area (Å²) < 4.78 is 37.1. The summed E-state index contributed by atoms with van der Waals surface area (Å²) in [5.41, 5.74) is 2.49. The van der Waals surface area contributed by atoms with Gasteiger partial charge in [0.15, 0.2) is 11.5 Å². The second kappa shape index (κ2) is 10.3. The molecule has 1 N–H and O–H groups in total. The Labute approximate surface area is 179 Å². The number of nitrogens with one attached hydrogen (secondary N) is 1. The van der Waals surface area contributed by atoms with Crippen LogP contribution in [0, 0.1) is 13.8 Å². The SMILES string of the molecule is CC[C@H](C(=O)NCCOc1ccccc1OC)N(c1ccc(C)c(C)c1)S(C)(=O)=O. The van der Waals surface area contributed by atoms with Crippen LogP contribution in [0.3, 0.4) is 0 Å². The zero-order valence-electron chi connectivity index (χ0n) is 18.1. The summed E-state index contributed by atoms with van der Waals surface area (Å²) in [6.07, 6.45) is 1.45. The minimum absolute atomic E-state index is 0.227. The second-order valence-corrected chi connectivity index (χ2v) is 8.90. The molecule has 0 aliphatic rings. The Morgan fingerprint density at radius 3 is 2.33 bits per heavy atom. The van der Waals surface area contributed by atoms with Gasteiger partial charge in [0.05, 0.1) is 25.6 Å². The molecule has 0 aromatic heterocycles. The normalized spacial score (nSPS) is 12.2. The molecule has 0 fully saturated rings. The Bertz CT molecular complexity index is 975. The third kappa shape index (κ3) is 5.89. The molecule has 164 valence electrons. The molecule has 30 heavy (non-hydrogen) atoms. The summed E-state index contributed by atoms with van der Waals surface area (Å²) >= 11 is 0. The van der Waals surface area contributed by atoms with Gasteiger partial charge in [-0.25, -0.2) is 8.42 Å². The Hall–Kier alpha value is -2.74. The predicted octanol–water partition coefficient (Wildman–Crippen LogP) is 3.05. The minimum atomic E-state index is -3.66. The average molecular weight is 435 g/mol. The molecular formula is C22H30N2O5S. The molecule has 0 saturated heterocycles. The highest BCUT2D eigenvalue weighted by Gasteiger charge is 2.31. The third-order valence-corrected chi connectivity index (χ3v) is 5.98. The van der Waals surface area contributed by atoms with Gasteiger partial charge < -0.3 is 14.8 Å². The summed E-state index contributed by atoms with van der Waals surface area (Å²) in [6.45, 7) is 6.11. The highest BCUT2D eigenvalue weighted by molar-refractivity contribution is 7.92. The van der Waals surface area contributed by atoms with Crippen LogP contribution in [0.5, 0.6) is 11.5 Å². The molecule has 2 rings (SSSR count). The number of rotatable bonds is 10. The number of hydrogen-bond acceptors (Lipinski definition) is 5. The van der Waals surface area contributed by atoms with E-state index in [9.17, 15) is 13.2 Å². The van der Waals surface area contributed by atoms with Crippen LogP contribution in [0.4, 0.5) is 5.69 Å². The lowest BCUT2D eigenvalue weighted by Crippen LogP contribution is -2.50. The van der Waals surface area contributed by atoms with Crippen LogP contribution < -0.4 is 19.1 Å². The van der Waals surface area contributed by atoms with Crippen molar-refractivity contribution in [2.24, 2.45) is 0 Å². The van der Waals surface area contributed by atoms with Gasteiger partial charge in [-0.2, -0.15) is 0 Å². The molecule has 0 heterocycles. The maximum absolute atomic E-state index is 12.8. The first kappa shape index (κ1) is 23.5. The fraction of sp³-hybridized carbons (Fsp3) is 0.409. The first-order valence-corrected chi connectivity index (χ1v) is 11.6. The van der Waals surface area contributed by atoms with Crippen LogP contribution in [0.1, 0.15) is 24.5 Å². The number of benzene rings is 2. The van der Waals surface area contributed by atoms with Crippen LogP contribution in [-0.2, 0) is 14.8 Å². The van der Waals surface area contributed by atoms with Gasteiger partial charge >= 0.3 is 0 Å². The van der Waals surface area contributed by atoms with Crippen molar-refractivity contribution in [3.63, 3.8) is 0 Å². The minimum Gasteiger partial charge on any atom is -0.493 e. The zero-order valence-corrected chi connectivity index (χ0v) is 19.0. The van der Waals surface area contributed by atoms with Gasteiger partial charge in [0, 0.05) is 0 Å². The number of nitrogens with zero attached hydrogens (tertiary/aromatic N) is 1. The standard InChI is InChI=1S/C22H30N2O5S/c1-6-19(24(30(5,26)27)18-12-11-16(2)17(3)15-18)22(25)23-13-14-29-21-10-8-7-9-20(21)28-4/h7-12,15,19H,6,13-14H2,1-5H3,(H,23,25)/t19-/m1/s1. The summed E-state index contributed by atoms with van der Waals surface area (Å²) in [7, 11) is -2.10. The molecule has 0 aliphatic heterocycles. The van der Waals surface area contributed by atoms with Crippen LogP contribution in [0.25, 0.3) is 0 Å². The van der Waals surface area contributed by atoms with E-state index < -0.39 is 16.1 Å². The molecule has 0 bridgehead atoms. The van der Waals surface area contributed by atoms with Crippen LogP contribution >= 0.6 is 0 Å². The number of carbonyl (C=O) groups excluding carboxylic acids is 1. The van der Waals surface area contributed by atoms with E-state index in [4.69, 9.17) is 9.47 Å². The predicted molar refractivity (Wildman–Crippen MR) is 119 cm³/mol. The van der Waals surface area contributed by atoms with E-state index in [-0.39, 0.29) is 19.1 Å². The lowest BCUT2D eigenvalue weighted by Gasteiger charge is -2.30. The van der Waals surface area contributed by atoms with E-state index in [2.05, 4.69) is 5.32 Å². The monoisotopic (exact) mass is 434 g/mol. The number of sulfonamides is 1. The largest absolute Gasteiger partial charge is 0.493 e. The summed E-state index contributed by atoms with van der Waals surface area (Å²) in [5.74, 6) is 0.812. The molecule has 0 saturated carbocycles. The number of ether oxygens (including phenoxy) is 2. The molecule has 0 unspecified atom stereocenters. The smallest absolute Gasteiger partial charge is 0.244 e. The van der Waals surface area contributed by atoms with Crippen molar-refractivity contribution in [2.75, 3.05) is 30.8 Å². The van der Waals surface area contributed by atoms with Crippen molar-refractivity contribution in [1.82, 2.24) is 5.32 Å². The molecule has 1 atom stereocenters. The Morgan fingerprint density at radius 1 is 1.10 bits per heavy atom. The number of carbonyl (C=O) groups is 1. The summed E-state index contributed by atoms with van der Waals surface area (Å²) in [5, 5.41) is 2.78. The van der Waals surface area contributed by atoms with Gasteiger partial charge in [-0.15, -0.1) is 0 Å². The van der Waals surface area contributed by atoms with E-state index >= 15 is 0 Å². The Morgan fingerprint density at radius 2 is 1.77 bits per heavy atom. The van der Waals surface area contributed by atoms with E-state index in [0.717, 1.165) is 17.4 Å². The topological polar surface area (TPSA) is 84.9 Å². The number of methoxy groups -OCH3 is 1. The van der Waals surface area contributed by atoms with Crippen LogP contribution in [0.2, 0.25) is 0 Å². The van der Waals surface area contributed by atoms with E-state index in [0.29, 0.717) is 23.6 Å². The first-order chi connectivity index (χ1) is 14.2. The van der Waals surface area contributed by atoms with E-state index in [1.165, 1.54) is 4.31 Å². The lowest BCUT2D eigenvalue weighted by molar-refractivity contribution is -0.122. The van der Waals surface area contributed by atoms with Gasteiger partial charge in [0.1, 0.15) is 12.6 Å². The fourth-order valence-electron chi connectivity index (χ4n) is 3.11. The van der Waals surface area contributed by atoms with Crippen molar-refractivity contribution < 1.29 is 22.7 Å². The van der Waals surface area contributed by atoms with Crippen LogP contribution in [-0.4, -0.2) is 46.9 Å². The molecule has 2 aromatic rings. The Balaban J connectivity index is 2.09. The molecule has 8 heteroatoms. The van der Waals surface area contributed by atoms with Gasteiger partial charge in [-0.05, 0) is 55.7 Å². The molecule has 0 radical (unpaired) electrons. The maximum Gasteiger partial charge on any atom is 0.244 e. The molecular weight excluding hydrogens is 404 g/mol. The van der Waals surface area contributed by atoms with Crippen molar-refractivity contribution in [3.8, 4) is 11.5 Å². The van der Waals surface area contributed by atoms with E-state index in [1.54, 1.807) is 38.3 Å². The van der Waals surface area contributed by atoms with Gasteiger partial charge in [-0.3, -0.25) is 9.10 Å². The molecule has 0 aliphatic carbocycles. The van der Waals surface area contributed by atoms with Crippen molar-refractivity contribution in [1.29, 1.82) is 0 Å². The first-order valence-electron chi connectivity index (χ1n) is 9.79. The van der Waals surface area contributed by atoms with Crippen molar-refractivity contribution in [2.45, 2.75) is 33.2 Å². The van der Waals surface area contributed by atoms with E-state index in [1.807, 2.05) is 32.0 Å². The lowest BCUT2D eigenvalue weighted by atomic mass is 10.1. The van der Waals surface area contributed by atoms with Gasteiger partial charge in [-0.1, -0.05) is 25.1 Å². The fourth-order valence-corrected chi connectivity index (χ4v) is 4.32. The highest BCUT2D eigenvalue weighted by Crippen LogP contribution is 2.26. The second-order valence-electron chi connectivity index (χ2n) is 7.04. The molecule has 7 nitrogen and oxygen atoms in total.